The quantitative estimate of drug-likeness (QED) is 0.584. The van der Waals surface area contributed by atoms with E-state index in [9.17, 15) is 14.4 Å². The van der Waals surface area contributed by atoms with Crippen LogP contribution in [0.1, 0.15) is 40.0 Å². The summed E-state index contributed by atoms with van der Waals surface area (Å²) in [5.41, 5.74) is 0. The van der Waals surface area contributed by atoms with Crippen LogP contribution in [0.4, 0.5) is 0 Å². The van der Waals surface area contributed by atoms with E-state index in [0.717, 1.165) is 0 Å². The van der Waals surface area contributed by atoms with Gasteiger partial charge in [0.05, 0.1) is 0 Å². The predicted molar refractivity (Wildman–Crippen MR) is 58.8 cm³/mol. The topological polar surface area (TPSA) is 147 Å². The van der Waals surface area contributed by atoms with Gasteiger partial charge in [-0.05, 0) is 0 Å². The molecule has 7 nitrogen and oxygen atoms in total. The molecule has 6 N–H and O–H groups in total. The number of hydrogen-bond acceptors (Lipinski definition) is 4. The van der Waals surface area contributed by atoms with E-state index >= 15 is 0 Å². The average molecular weight is 239 g/mol. The van der Waals surface area contributed by atoms with E-state index in [-0.39, 0.29) is 25.4 Å². The molecule has 98 valence electrons. The molecular weight excluding hydrogens is 218 g/mol. The second kappa shape index (κ2) is 19.0. The molecule has 0 aliphatic heterocycles. The summed E-state index contributed by atoms with van der Waals surface area (Å²) in [5, 5.41) is 23.2. The predicted octanol–water partition coefficient (Wildman–Crippen LogP) is 1.61. The summed E-state index contributed by atoms with van der Waals surface area (Å²) in [6.45, 7) is 4.80. The molecule has 0 bridgehead atoms. The SMILES string of the molecule is CCC(=O)O.CCC(=O)O.CCC(=O)O.N. The molecule has 0 fully saturated rings. The monoisotopic (exact) mass is 239 g/mol. The van der Waals surface area contributed by atoms with E-state index in [1.807, 2.05) is 0 Å². The van der Waals surface area contributed by atoms with Gasteiger partial charge in [-0.1, -0.05) is 20.8 Å². The minimum absolute atomic E-state index is 0. The van der Waals surface area contributed by atoms with Crippen LogP contribution < -0.4 is 6.15 Å². The molecule has 0 unspecified atom stereocenters. The Bertz CT molecular complexity index is 159. The standard InChI is InChI=1S/3C3H6O2.H3N/c3*1-2-3(4)5;/h3*2H2,1H3,(H,4,5);1H3. The van der Waals surface area contributed by atoms with E-state index in [1.165, 1.54) is 0 Å². The largest absolute Gasteiger partial charge is 0.481 e. The number of rotatable bonds is 3. The highest BCUT2D eigenvalue weighted by molar-refractivity contribution is 5.66. The highest BCUT2D eigenvalue weighted by Gasteiger charge is 1.81. The van der Waals surface area contributed by atoms with Gasteiger partial charge in [-0.15, -0.1) is 0 Å². The number of hydrogen-bond donors (Lipinski definition) is 4. The number of carboxylic acid groups (broad SMARTS) is 3. The first-order valence-corrected chi connectivity index (χ1v) is 4.47. The first-order valence-electron chi connectivity index (χ1n) is 4.47. The summed E-state index contributed by atoms with van der Waals surface area (Å²) in [6, 6.07) is 0. The molecule has 16 heavy (non-hydrogen) atoms. The lowest BCUT2D eigenvalue weighted by Gasteiger charge is -1.71. The lowest BCUT2D eigenvalue weighted by molar-refractivity contribution is -0.137. The Kier molecular flexibility index (Phi) is 28.4. The van der Waals surface area contributed by atoms with Crippen molar-refractivity contribution in [2.24, 2.45) is 0 Å². The van der Waals surface area contributed by atoms with Crippen molar-refractivity contribution in [2.75, 3.05) is 0 Å². The number of aliphatic carboxylic acids is 3. The van der Waals surface area contributed by atoms with Crippen molar-refractivity contribution in [3.63, 3.8) is 0 Å². The maximum atomic E-state index is 9.37. The maximum Gasteiger partial charge on any atom is 0.303 e. The molecule has 7 heteroatoms. The molecule has 0 rings (SSSR count). The first-order chi connectivity index (χ1) is 6.81. The summed E-state index contributed by atoms with van der Waals surface area (Å²) in [7, 11) is 0. The van der Waals surface area contributed by atoms with Gasteiger partial charge < -0.3 is 21.5 Å². The van der Waals surface area contributed by atoms with Gasteiger partial charge in [0.25, 0.3) is 0 Å². The van der Waals surface area contributed by atoms with E-state index < -0.39 is 17.9 Å². The van der Waals surface area contributed by atoms with Crippen LogP contribution in [-0.2, 0) is 14.4 Å². The first kappa shape index (κ1) is 23.9. The Hall–Kier alpha value is -1.63. The zero-order valence-corrected chi connectivity index (χ0v) is 9.89. The fourth-order valence-corrected chi connectivity index (χ4v) is 0. The van der Waals surface area contributed by atoms with Crippen molar-refractivity contribution >= 4 is 17.9 Å². The van der Waals surface area contributed by atoms with Gasteiger partial charge in [0.15, 0.2) is 0 Å². The third-order valence-electron chi connectivity index (χ3n) is 0.907. The lowest BCUT2D eigenvalue weighted by Crippen LogP contribution is -1.86. The minimum atomic E-state index is -0.745. The van der Waals surface area contributed by atoms with E-state index in [4.69, 9.17) is 15.3 Å². The average Bonchev–Trinajstić information content (AvgIpc) is 2.19. The fraction of sp³-hybridized carbons (Fsp3) is 0.667. The molecule has 0 atom stereocenters. The zero-order chi connectivity index (χ0) is 12.9. The lowest BCUT2D eigenvalue weighted by atomic mass is 10.5. The fourth-order valence-electron chi connectivity index (χ4n) is 0. The molecule has 0 aromatic rings. The van der Waals surface area contributed by atoms with Gasteiger partial charge in [0, 0.05) is 19.3 Å². The Morgan fingerprint density at radius 1 is 0.688 bits per heavy atom. The van der Waals surface area contributed by atoms with Crippen LogP contribution in [0.2, 0.25) is 0 Å². The minimum Gasteiger partial charge on any atom is -0.481 e. The van der Waals surface area contributed by atoms with Crippen LogP contribution in [-0.4, -0.2) is 33.2 Å². The van der Waals surface area contributed by atoms with E-state index in [0.29, 0.717) is 0 Å². The molecule has 0 aromatic carbocycles. The van der Waals surface area contributed by atoms with Crippen LogP contribution in [0.3, 0.4) is 0 Å². The van der Waals surface area contributed by atoms with Gasteiger partial charge in [-0.2, -0.15) is 0 Å². The Labute approximate surface area is 94.7 Å². The highest BCUT2D eigenvalue weighted by Crippen LogP contribution is 1.68. The molecule has 0 aliphatic rings. The van der Waals surface area contributed by atoms with Gasteiger partial charge in [-0.3, -0.25) is 14.4 Å². The van der Waals surface area contributed by atoms with Crippen molar-refractivity contribution in [3.05, 3.63) is 0 Å². The van der Waals surface area contributed by atoms with E-state index in [1.54, 1.807) is 20.8 Å². The third-order valence-corrected chi connectivity index (χ3v) is 0.907. The smallest absolute Gasteiger partial charge is 0.303 e. The van der Waals surface area contributed by atoms with Crippen LogP contribution in [0, 0.1) is 0 Å². The van der Waals surface area contributed by atoms with Crippen LogP contribution in [0.15, 0.2) is 0 Å². The molecule has 0 spiro atoms. The second-order valence-corrected chi connectivity index (χ2v) is 2.24. The summed E-state index contributed by atoms with van der Waals surface area (Å²) in [5.74, 6) is -2.24. The second-order valence-electron chi connectivity index (χ2n) is 2.24. The van der Waals surface area contributed by atoms with Crippen molar-refractivity contribution in [2.45, 2.75) is 40.0 Å². The Balaban J connectivity index is -0.0000000655. The van der Waals surface area contributed by atoms with Gasteiger partial charge in [0.2, 0.25) is 0 Å². The van der Waals surface area contributed by atoms with Crippen LogP contribution in [0.25, 0.3) is 0 Å². The van der Waals surface area contributed by atoms with Gasteiger partial charge in [-0.25, -0.2) is 0 Å². The van der Waals surface area contributed by atoms with Crippen LogP contribution in [0.5, 0.6) is 0 Å². The number of carboxylic acids is 3. The summed E-state index contributed by atoms with van der Waals surface area (Å²) in [6.07, 6.45) is 0.667. The highest BCUT2D eigenvalue weighted by atomic mass is 16.4. The Morgan fingerprint density at radius 3 is 0.750 bits per heavy atom. The van der Waals surface area contributed by atoms with Gasteiger partial charge in [0.1, 0.15) is 0 Å². The van der Waals surface area contributed by atoms with Crippen molar-refractivity contribution < 1.29 is 29.7 Å². The molecule has 0 radical (unpaired) electrons. The molecular formula is C9H21NO6. The summed E-state index contributed by atoms with van der Waals surface area (Å²) in [4.78, 5) is 28.1. The summed E-state index contributed by atoms with van der Waals surface area (Å²) < 4.78 is 0. The molecule has 0 saturated carbocycles. The van der Waals surface area contributed by atoms with Crippen molar-refractivity contribution in [3.8, 4) is 0 Å². The Morgan fingerprint density at radius 2 is 0.750 bits per heavy atom. The maximum absolute atomic E-state index is 9.37. The summed E-state index contributed by atoms with van der Waals surface area (Å²) >= 11 is 0. The molecule has 0 aromatic heterocycles. The molecule has 0 aliphatic carbocycles. The molecule has 0 amide bonds. The van der Waals surface area contributed by atoms with Crippen molar-refractivity contribution in [1.29, 1.82) is 0 Å². The molecule has 0 saturated heterocycles. The molecule has 0 heterocycles. The zero-order valence-electron chi connectivity index (χ0n) is 9.89. The normalized spacial score (nSPS) is 6.94. The van der Waals surface area contributed by atoms with Gasteiger partial charge >= 0.3 is 17.9 Å². The third kappa shape index (κ3) is 83.7. The van der Waals surface area contributed by atoms with Crippen LogP contribution >= 0.6 is 0 Å². The van der Waals surface area contributed by atoms with E-state index in [2.05, 4.69) is 0 Å². The number of carbonyl (C=O) groups is 3. The van der Waals surface area contributed by atoms with Crippen molar-refractivity contribution in [1.82, 2.24) is 6.15 Å².